The number of rotatable bonds is 8. The summed E-state index contributed by atoms with van der Waals surface area (Å²) in [6.45, 7) is 7.01. The molecule has 0 aliphatic rings. The van der Waals surface area contributed by atoms with E-state index in [1.54, 1.807) is 86.6 Å². The van der Waals surface area contributed by atoms with Crippen molar-refractivity contribution in [3.8, 4) is 11.5 Å². The summed E-state index contributed by atoms with van der Waals surface area (Å²) in [4.78, 5) is 4.61. The van der Waals surface area contributed by atoms with E-state index in [0.717, 1.165) is 11.1 Å². The van der Waals surface area contributed by atoms with Crippen LogP contribution < -0.4 is 9.66 Å². The summed E-state index contributed by atoms with van der Waals surface area (Å²) in [5.41, 5.74) is 3.65. The molecule has 0 aliphatic carbocycles. The average molecular weight is 609 g/mol. The maximum absolute atomic E-state index is 12.0. The lowest BCUT2D eigenvalue weighted by atomic mass is 10.1. The van der Waals surface area contributed by atoms with Crippen molar-refractivity contribution in [3.63, 3.8) is 0 Å². The van der Waals surface area contributed by atoms with E-state index in [0.29, 0.717) is 22.6 Å². The van der Waals surface area contributed by atoms with Gasteiger partial charge in [-0.15, -0.1) is 0 Å². The molecule has 10 nitrogen and oxygen atoms in total. The first-order chi connectivity index (χ1) is 19.8. The van der Waals surface area contributed by atoms with Gasteiger partial charge in [-0.2, -0.15) is 36.7 Å². The minimum absolute atomic E-state index is 0.0563. The lowest BCUT2D eigenvalue weighted by molar-refractivity contribution is 0.473. The standard InChI is InChI=1S/2C15H16N2O3S/c2*1-11-8-9-15(18)14(10-11)12(2)16-17-21(19,20)13-6-4-3-5-7-13/h2*3-10,17-18H,1-2H3/b2*16-12+. The third-order valence-electron chi connectivity index (χ3n) is 5.86. The lowest BCUT2D eigenvalue weighted by Gasteiger charge is -2.07. The normalized spacial score (nSPS) is 12.2. The van der Waals surface area contributed by atoms with Crippen molar-refractivity contribution in [3.05, 3.63) is 119 Å². The Hall–Kier alpha value is -4.68. The zero-order valence-corrected chi connectivity index (χ0v) is 25.1. The number of hydrogen-bond acceptors (Lipinski definition) is 8. The predicted molar refractivity (Wildman–Crippen MR) is 164 cm³/mol. The molecule has 0 amide bonds. The molecule has 0 fully saturated rings. The summed E-state index contributed by atoms with van der Waals surface area (Å²) in [6, 6.07) is 26.1. The van der Waals surface area contributed by atoms with Gasteiger partial charge in [0.25, 0.3) is 20.0 Å². The molecule has 4 N–H and O–H groups in total. The monoisotopic (exact) mass is 608 g/mol. The number of aryl methyl sites for hydroxylation is 2. The maximum atomic E-state index is 12.0. The van der Waals surface area contributed by atoms with Crippen LogP contribution in [0.25, 0.3) is 0 Å². The van der Waals surface area contributed by atoms with E-state index in [4.69, 9.17) is 0 Å². The van der Waals surface area contributed by atoms with Gasteiger partial charge in [-0.25, -0.2) is 0 Å². The van der Waals surface area contributed by atoms with Crippen LogP contribution in [-0.2, 0) is 20.0 Å². The van der Waals surface area contributed by atoms with E-state index < -0.39 is 20.0 Å². The Bertz CT molecular complexity index is 1670. The Morgan fingerprint density at radius 1 is 0.571 bits per heavy atom. The number of aromatic hydroxyl groups is 2. The van der Waals surface area contributed by atoms with Gasteiger partial charge >= 0.3 is 0 Å². The van der Waals surface area contributed by atoms with Crippen molar-refractivity contribution >= 4 is 31.5 Å². The fourth-order valence-electron chi connectivity index (χ4n) is 3.56. The van der Waals surface area contributed by atoms with Gasteiger partial charge in [0, 0.05) is 11.1 Å². The van der Waals surface area contributed by atoms with Crippen LogP contribution in [0.1, 0.15) is 36.1 Å². The van der Waals surface area contributed by atoms with E-state index in [9.17, 15) is 27.0 Å². The minimum atomic E-state index is -3.71. The van der Waals surface area contributed by atoms with Crippen LogP contribution in [0.2, 0.25) is 0 Å². The molecule has 0 aliphatic heterocycles. The Labute approximate surface area is 246 Å². The second kappa shape index (κ2) is 13.8. The molecule has 0 radical (unpaired) electrons. The number of benzene rings is 4. The second-order valence-corrected chi connectivity index (χ2v) is 12.6. The molecule has 0 atom stereocenters. The Morgan fingerprint density at radius 3 is 1.24 bits per heavy atom. The van der Waals surface area contributed by atoms with Gasteiger partial charge < -0.3 is 10.2 Å². The molecule has 4 aromatic carbocycles. The molecule has 4 aromatic rings. The van der Waals surface area contributed by atoms with Gasteiger partial charge in [-0.1, -0.05) is 59.7 Å². The highest BCUT2D eigenvalue weighted by atomic mass is 32.2. The van der Waals surface area contributed by atoms with E-state index in [2.05, 4.69) is 19.9 Å². The largest absolute Gasteiger partial charge is 0.507 e. The summed E-state index contributed by atoms with van der Waals surface area (Å²) in [6.07, 6.45) is 0. The predicted octanol–water partition coefficient (Wildman–Crippen LogP) is 4.81. The molecule has 0 spiro atoms. The van der Waals surface area contributed by atoms with Crippen LogP contribution in [0.15, 0.2) is 117 Å². The SMILES string of the molecule is C/C(=N\NS(=O)(=O)c1ccccc1)c1cc(C)ccc1O.C/C(=N\NS(=O)(=O)c1ccccc1)c1cc(C)ccc1O. The number of sulfonamides is 2. The molecule has 0 saturated heterocycles. The van der Waals surface area contributed by atoms with Crippen LogP contribution in [0, 0.1) is 13.8 Å². The lowest BCUT2D eigenvalue weighted by Crippen LogP contribution is -2.19. The van der Waals surface area contributed by atoms with Gasteiger partial charge in [0.15, 0.2) is 0 Å². The van der Waals surface area contributed by atoms with Gasteiger partial charge in [0.2, 0.25) is 0 Å². The molecular weight excluding hydrogens is 576 g/mol. The van der Waals surface area contributed by atoms with Crippen molar-refractivity contribution in [2.75, 3.05) is 0 Å². The van der Waals surface area contributed by atoms with E-state index >= 15 is 0 Å². The van der Waals surface area contributed by atoms with Crippen LogP contribution in [0.5, 0.6) is 11.5 Å². The molecule has 0 saturated carbocycles. The highest BCUT2D eigenvalue weighted by Crippen LogP contribution is 2.20. The molecule has 0 heterocycles. The Morgan fingerprint density at radius 2 is 0.905 bits per heavy atom. The van der Waals surface area contributed by atoms with Crippen molar-refractivity contribution in [1.82, 2.24) is 9.66 Å². The molecular formula is C30H32N4O6S2. The number of phenols is 2. The summed E-state index contributed by atoms with van der Waals surface area (Å²) >= 11 is 0. The van der Waals surface area contributed by atoms with Gasteiger partial charge in [-0.05, 0) is 76.2 Å². The van der Waals surface area contributed by atoms with Crippen molar-refractivity contribution in [1.29, 1.82) is 0 Å². The van der Waals surface area contributed by atoms with Crippen LogP contribution >= 0.6 is 0 Å². The number of hydrazone groups is 2. The highest BCUT2D eigenvalue weighted by molar-refractivity contribution is 7.89. The summed E-state index contributed by atoms with van der Waals surface area (Å²) in [7, 11) is -7.41. The first-order valence-electron chi connectivity index (χ1n) is 12.6. The van der Waals surface area contributed by atoms with Crippen LogP contribution in [0.4, 0.5) is 0 Å². The fourth-order valence-corrected chi connectivity index (χ4v) is 5.32. The first-order valence-corrected chi connectivity index (χ1v) is 15.6. The fraction of sp³-hybridized carbons (Fsp3) is 0.133. The number of hydrogen-bond donors (Lipinski definition) is 4. The third kappa shape index (κ3) is 8.66. The third-order valence-corrected chi connectivity index (χ3v) is 8.31. The zero-order chi connectivity index (χ0) is 30.9. The van der Waals surface area contributed by atoms with Gasteiger partial charge in [0.05, 0.1) is 21.2 Å². The van der Waals surface area contributed by atoms with E-state index in [1.807, 2.05) is 13.8 Å². The maximum Gasteiger partial charge on any atom is 0.276 e. The van der Waals surface area contributed by atoms with Crippen molar-refractivity contribution < 1.29 is 27.0 Å². The Balaban J connectivity index is 0.000000230. The second-order valence-electron chi connectivity index (χ2n) is 9.25. The molecule has 220 valence electrons. The van der Waals surface area contributed by atoms with Crippen molar-refractivity contribution in [2.45, 2.75) is 37.5 Å². The van der Waals surface area contributed by atoms with Crippen molar-refractivity contribution in [2.24, 2.45) is 10.2 Å². The molecule has 42 heavy (non-hydrogen) atoms. The topological polar surface area (TPSA) is 158 Å². The number of nitrogens with zero attached hydrogens (tertiary/aromatic N) is 2. The highest BCUT2D eigenvalue weighted by Gasteiger charge is 2.14. The zero-order valence-electron chi connectivity index (χ0n) is 23.5. The first kappa shape index (κ1) is 31.8. The summed E-state index contributed by atoms with van der Waals surface area (Å²) < 4.78 is 48.2. The van der Waals surface area contributed by atoms with Crippen LogP contribution in [0.3, 0.4) is 0 Å². The number of phenolic OH excluding ortho intramolecular Hbond substituents is 2. The number of nitrogens with one attached hydrogen (secondary N) is 2. The Kier molecular flexibility index (Phi) is 10.5. The van der Waals surface area contributed by atoms with Crippen LogP contribution in [-0.4, -0.2) is 38.5 Å². The molecule has 0 aromatic heterocycles. The van der Waals surface area contributed by atoms with E-state index in [1.165, 1.54) is 24.3 Å². The summed E-state index contributed by atoms with van der Waals surface area (Å²) in [5, 5.41) is 27.3. The average Bonchev–Trinajstić information content (AvgIpc) is 2.98. The smallest absolute Gasteiger partial charge is 0.276 e. The molecule has 0 unspecified atom stereocenters. The summed E-state index contributed by atoms with van der Waals surface area (Å²) in [5.74, 6) is 0.113. The molecule has 12 heteroatoms. The van der Waals surface area contributed by atoms with E-state index in [-0.39, 0.29) is 21.3 Å². The minimum Gasteiger partial charge on any atom is -0.507 e. The van der Waals surface area contributed by atoms with Gasteiger partial charge in [-0.3, -0.25) is 0 Å². The van der Waals surface area contributed by atoms with Gasteiger partial charge in [0.1, 0.15) is 11.5 Å². The quantitative estimate of drug-likeness (QED) is 0.166. The molecule has 0 bridgehead atoms. The molecule has 4 rings (SSSR count).